The van der Waals surface area contributed by atoms with Crippen molar-refractivity contribution in [3.8, 4) is 11.5 Å². The van der Waals surface area contributed by atoms with Crippen LogP contribution in [0.15, 0.2) is 18.2 Å². The van der Waals surface area contributed by atoms with Gasteiger partial charge in [-0.25, -0.2) is 0 Å². The predicted octanol–water partition coefficient (Wildman–Crippen LogP) is 0.984. The number of carbonyl (C=O) groups is 1. The number of hydrogen-bond donors (Lipinski definition) is 2. The highest BCUT2D eigenvalue weighted by atomic mass is 16.6. The Kier molecular flexibility index (Phi) is 3.29. The normalized spacial score (nSPS) is 18.9. The zero-order valence-electron chi connectivity index (χ0n) is 10.7. The highest BCUT2D eigenvalue weighted by molar-refractivity contribution is 5.81. The van der Waals surface area contributed by atoms with Gasteiger partial charge in [0.05, 0.1) is 0 Å². The number of nitrogens with one attached hydrogen (secondary N) is 1. The van der Waals surface area contributed by atoms with Gasteiger partial charge in [-0.2, -0.15) is 0 Å². The lowest BCUT2D eigenvalue weighted by Gasteiger charge is -2.21. The quantitative estimate of drug-likeness (QED) is 0.829. The molecule has 0 spiro atoms. The summed E-state index contributed by atoms with van der Waals surface area (Å²) in [7, 11) is 0. The lowest BCUT2D eigenvalue weighted by atomic mass is 10.1. The average Bonchev–Trinajstić information content (AvgIpc) is 3.22. The molecule has 0 radical (unpaired) electrons. The van der Waals surface area contributed by atoms with Crippen LogP contribution in [0, 0.1) is 5.92 Å². The number of benzene rings is 1. The lowest BCUT2D eigenvalue weighted by molar-refractivity contribution is -0.120. The maximum Gasteiger partial charge on any atom is 0.239 e. The summed E-state index contributed by atoms with van der Waals surface area (Å²) in [5.74, 6) is 1.74. The smallest absolute Gasteiger partial charge is 0.239 e. The van der Waals surface area contributed by atoms with Gasteiger partial charge in [-0.05, 0) is 43.0 Å². The third-order valence-electron chi connectivity index (χ3n) is 3.49. The fraction of sp³-hybridized carbons (Fsp3) is 0.500. The van der Waals surface area contributed by atoms with Gasteiger partial charge in [0, 0.05) is 0 Å². The van der Waals surface area contributed by atoms with E-state index in [2.05, 4.69) is 5.32 Å². The molecule has 0 bridgehead atoms. The Morgan fingerprint density at radius 1 is 1.32 bits per heavy atom. The second-order valence-corrected chi connectivity index (χ2v) is 5.09. The Labute approximate surface area is 112 Å². The highest BCUT2D eigenvalue weighted by Crippen LogP contribution is 2.33. The molecule has 1 amide bonds. The molecular formula is C14H18N2O3. The van der Waals surface area contributed by atoms with Gasteiger partial charge in [0.25, 0.3) is 0 Å². The van der Waals surface area contributed by atoms with E-state index in [9.17, 15) is 4.79 Å². The third kappa shape index (κ3) is 2.81. The van der Waals surface area contributed by atoms with E-state index in [0.29, 0.717) is 24.9 Å². The van der Waals surface area contributed by atoms with Crippen molar-refractivity contribution in [1.82, 2.24) is 5.32 Å². The summed E-state index contributed by atoms with van der Waals surface area (Å²) >= 11 is 0. The summed E-state index contributed by atoms with van der Waals surface area (Å²) in [4.78, 5) is 11.6. The first kappa shape index (κ1) is 12.3. The first-order chi connectivity index (χ1) is 9.24. The average molecular weight is 262 g/mol. The molecule has 1 aromatic rings. The molecule has 2 aliphatic rings. The maximum absolute atomic E-state index is 11.6. The van der Waals surface area contributed by atoms with E-state index in [1.807, 2.05) is 18.2 Å². The van der Waals surface area contributed by atoms with E-state index in [1.54, 1.807) is 0 Å². The van der Waals surface area contributed by atoms with Gasteiger partial charge < -0.3 is 20.5 Å². The second-order valence-electron chi connectivity index (χ2n) is 5.09. The number of hydrogen-bond acceptors (Lipinski definition) is 4. The molecule has 1 unspecified atom stereocenters. The molecule has 0 aromatic heterocycles. The number of primary amides is 1. The molecular weight excluding hydrogens is 244 g/mol. The molecule has 1 aliphatic carbocycles. The highest BCUT2D eigenvalue weighted by Gasteiger charge is 2.25. The molecule has 3 rings (SSSR count). The fourth-order valence-corrected chi connectivity index (χ4v) is 2.23. The van der Waals surface area contributed by atoms with Crippen molar-refractivity contribution in [2.45, 2.75) is 18.9 Å². The van der Waals surface area contributed by atoms with Gasteiger partial charge in [0.15, 0.2) is 11.5 Å². The van der Waals surface area contributed by atoms with Crippen molar-refractivity contribution in [3.63, 3.8) is 0 Å². The summed E-state index contributed by atoms with van der Waals surface area (Å²) < 4.78 is 11.0. The second kappa shape index (κ2) is 5.09. The molecule has 1 aromatic carbocycles. The Morgan fingerprint density at radius 3 is 2.74 bits per heavy atom. The molecule has 102 valence electrons. The van der Waals surface area contributed by atoms with Crippen LogP contribution < -0.4 is 20.5 Å². The van der Waals surface area contributed by atoms with Gasteiger partial charge >= 0.3 is 0 Å². The largest absolute Gasteiger partial charge is 0.486 e. The van der Waals surface area contributed by atoms with Crippen LogP contribution in [0.3, 0.4) is 0 Å². The van der Waals surface area contributed by atoms with E-state index in [1.165, 1.54) is 12.8 Å². The minimum Gasteiger partial charge on any atom is -0.486 e. The Hall–Kier alpha value is -1.75. The van der Waals surface area contributed by atoms with Gasteiger partial charge in [0.2, 0.25) is 5.91 Å². The molecule has 5 heteroatoms. The number of rotatable bonds is 5. The molecule has 1 aliphatic heterocycles. The summed E-state index contributed by atoms with van der Waals surface area (Å²) in [6, 6.07) is 5.07. The monoisotopic (exact) mass is 262 g/mol. The van der Waals surface area contributed by atoms with Crippen molar-refractivity contribution < 1.29 is 14.3 Å². The van der Waals surface area contributed by atoms with Crippen LogP contribution in [-0.2, 0) is 4.79 Å². The molecule has 1 fully saturated rings. The van der Waals surface area contributed by atoms with Crippen molar-refractivity contribution >= 4 is 5.91 Å². The van der Waals surface area contributed by atoms with Gasteiger partial charge in [0.1, 0.15) is 19.3 Å². The van der Waals surface area contributed by atoms with E-state index >= 15 is 0 Å². The molecule has 19 heavy (non-hydrogen) atoms. The SMILES string of the molecule is NC(=O)C(NCC1CC1)c1ccc2c(c1)OCCO2. The van der Waals surface area contributed by atoms with Crippen LogP contribution in [0.4, 0.5) is 0 Å². The Bertz CT molecular complexity index is 486. The lowest BCUT2D eigenvalue weighted by Crippen LogP contribution is -2.34. The summed E-state index contributed by atoms with van der Waals surface area (Å²) in [5.41, 5.74) is 6.31. The predicted molar refractivity (Wildman–Crippen MR) is 70.1 cm³/mol. The van der Waals surface area contributed by atoms with Crippen LogP contribution >= 0.6 is 0 Å². The van der Waals surface area contributed by atoms with Crippen LogP contribution in [0.1, 0.15) is 24.4 Å². The van der Waals surface area contributed by atoms with E-state index in [-0.39, 0.29) is 5.91 Å². The number of ether oxygens (including phenoxy) is 2. The van der Waals surface area contributed by atoms with Crippen molar-refractivity contribution in [2.75, 3.05) is 19.8 Å². The number of amides is 1. The third-order valence-corrected chi connectivity index (χ3v) is 3.49. The standard InChI is InChI=1S/C14H18N2O3/c15-14(17)13(16-8-9-1-2-9)10-3-4-11-12(7-10)19-6-5-18-11/h3-4,7,9,13,16H,1-2,5-6,8H2,(H2,15,17). The molecule has 1 atom stereocenters. The maximum atomic E-state index is 11.6. The Morgan fingerprint density at radius 2 is 2.05 bits per heavy atom. The number of nitrogens with two attached hydrogens (primary N) is 1. The molecule has 0 saturated heterocycles. The topological polar surface area (TPSA) is 73.6 Å². The van der Waals surface area contributed by atoms with Gasteiger partial charge in [-0.3, -0.25) is 4.79 Å². The van der Waals surface area contributed by atoms with Crippen LogP contribution in [-0.4, -0.2) is 25.7 Å². The van der Waals surface area contributed by atoms with Crippen molar-refractivity contribution in [1.29, 1.82) is 0 Å². The van der Waals surface area contributed by atoms with Crippen molar-refractivity contribution in [3.05, 3.63) is 23.8 Å². The Balaban J connectivity index is 1.78. The van der Waals surface area contributed by atoms with Crippen LogP contribution in [0.2, 0.25) is 0 Å². The fourth-order valence-electron chi connectivity index (χ4n) is 2.23. The summed E-state index contributed by atoms with van der Waals surface area (Å²) in [6.07, 6.45) is 2.47. The number of fused-ring (bicyclic) bond motifs is 1. The van der Waals surface area contributed by atoms with E-state index in [0.717, 1.165) is 17.9 Å². The van der Waals surface area contributed by atoms with Crippen molar-refractivity contribution in [2.24, 2.45) is 11.7 Å². The summed E-state index contributed by atoms with van der Waals surface area (Å²) in [5, 5.41) is 3.23. The zero-order valence-corrected chi connectivity index (χ0v) is 10.7. The first-order valence-corrected chi connectivity index (χ1v) is 6.66. The van der Waals surface area contributed by atoms with E-state index < -0.39 is 6.04 Å². The zero-order chi connectivity index (χ0) is 13.2. The summed E-state index contributed by atoms with van der Waals surface area (Å²) in [6.45, 7) is 1.93. The number of carbonyl (C=O) groups excluding carboxylic acids is 1. The minimum absolute atomic E-state index is 0.364. The van der Waals surface area contributed by atoms with Gasteiger partial charge in [-0.15, -0.1) is 0 Å². The molecule has 5 nitrogen and oxygen atoms in total. The van der Waals surface area contributed by atoms with Crippen LogP contribution in [0.25, 0.3) is 0 Å². The molecule has 1 saturated carbocycles. The van der Waals surface area contributed by atoms with Gasteiger partial charge in [-0.1, -0.05) is 6.07 Å². The molecule has 3 N–H and O–H groups in total. The van der Waals surface area contributed by atoms with E-state index in [4.69, 9.17) is 15.2 Å². The minimum atomic E-state index is -0.462. The van der Waals surface area contributed by atoms with Crippen LogP contribution in [0.5, 0.6) is 11.5 Å². The molecule has 1 heterocycles. The first-order valence-electron chi connectivity index (χ1n) is 6.66.